The van der Waals surface area contributed by atoms with Gasteiger partial charge in [0.05, 0.1) is 0 Å². The normalized spacial score (nSPS) is 17.5. The highest BCUT2D eigenvalue weighted by Crippen LogP contribution is 2.10. The van der Waals surface area contributed by atoms with Crippen molar-refractivity contribution in [3.8, 4) is 0 Å². The van der Waals surface area contributed by atoms with Gasteiger partial charge < -0.3 is 4.90 Å². The van der Waals surface area contributed by atoms with Crippen molar-refractivity contribution < 1.29 is 12.9 Å². The van der Waals surface area contributed by atoms with Gasteiger partial charge in [-0.1, -0.05) is 6.42 Å². The fourth-order valence-electron chi connectivity index (χ4n) is 1.43. The number of hydrogen-bond donors (Lipinski definition) is 2. The number of likely N-dealkylation sites (tertiary alicyclic amines) is 1. The van der Waals surface area contributed by atoms with E-state index in [1.54, 1.807) is 0 Å². The molecule has 4 heteroatoms. The van der Waals surface area contributed by atoms with Crippen LogP contribution < -0.4 is 5.48 Å². The van der Waals surface area contributed by atoms with Crippen molar-refractivity contribution in [1.29, 1.82) is 0 Å². The minimum Gasteiger partial charge on any atom is -0.301 e. The first-order valence-corrected chi connectivity index (χ1v) is 4.79. The zero-order valence-corrected chi connectivity index (χ0v) is 8.49. The first kappa shape index (κ1) is 12.4. The monoisotopic (exact) mass is 192 g/mol. The maximum Gasteiger partial charge on any atom is 0.230 e. The van der Waals surface area contributed by atoms with Gasteiger partial charge in [0, 0.05) is 8.90 Å². The lowest BCUT2D eigenvalue weighted by atomic mass is 10.1. The summed E-state index contributed by atoms with van der Waals surface area (Å²) in [7, 11) is 0. The number of carbonyl (C=O) groups excluding carboxylic acids is 1. The van der Waals surface area contributed by atoms with Crippen LogP contribution in [-0.4, -0.2) is 35.6 Å². The highest BCUT2D eigenvalue weighted by atomic mass is 16.5. The van der Waals surface area contributed by atoms with Crippen molar-refractivity contribution >= 4 is 6.41 Å². The fourth-order valence-corrected chi connectivity index (χ4v) is 1.43. The minimum atomic E-state index is 0. The van der Waals surface area contributed by atoms with Crippen molar-refractivity contribution in [2.24, 2.45) is 0 Å². The Kier molecular flexibility index (Phi) is 7.63. The summed E-state index contributed by atoms with van der Waals surface area (Å²) in [6.07, 6.45) is 4.46. The summed E-state index contributed by atoms with van der Waals surface area (Å²) in [4.78, 5) is 11.4. The second-order valence-electron chi connectivity index (χ2n) is 3.44. The second kappa shape index (κ2) is 8.01. The number of rotatable bonds is 2. The van der Waals surface area contributed by atoms with Crippen LogP contribution in [0.25, 0.3) is 0 Å². The predicted molar refractivity (Wildman–Crippen MR) is 55.8 cm³/mol. The highest BCUT2D eigenvalue weighted by molar-refractivity contribution is 5.43. The molecule has 0 atom stereocenters. The van der Waals surface area contributed by atoms with Crippen molar-refractivity contribution in [1.82, 2.24) is 10.4 Å². The highest BCUT2D eigenvalue weighted by Gasteiger charge is 2.11. The second-order valence-corrected chi connectivity index (χ2v) is 3.44. The lowest BCUT2D eigenvalue weighted by Crippen LogP contribution is -2.35. The fraction of sp³-hybridized carbons (Fsp3) is 0.889. The molecule has 0 aromatic heterocycles. The van der Waals surface area contributed by atoms with Crippen molar-refractivity contribution in [3.05, 3.63) is 0 Å². The summed E-state index contributed by atoms with van der Waals surface area (Å²) in [5.74, 6) is 0. The largest absolute Gasteiger partial charge is 0.301 e. The maximum absolute atomic E-state index is 8.81. The van der Waals surface area contributed by atoms with E-state index >= 15 is 0 Å². The molecule has 1 fully saturated rings. The summed E-state index contributed by atoms with van der Waals surface area (Å²) >= 11 is 0. The summed E-state index contributed by atoms with van der Waals surface area (Å²) in [5.41, 5.74) is 1.25. The topological polar surface area (TPSA) is 52.6 Å². The molecule has 13 heavy (non-hydrogen) atoms. The van der Waals surface area contributed by atoms with Crippen LogP contribution in [0.3, 0.4) is 0 Å². The Morgan fingerprint density at radius 3 is 2.08 bits per heavy atom. The molecule has 1 heterocycles. The Labute approximate surface area is 82.8 Å². The molecule has 0 saturated carbocycles. The molecule has 1 aliphatic rings. The van der Waals surface area contributed by atoms with E-state index < -0.39 is 0 Å². The molecule has 0 spiro atoms. The van der Waals surface area contributed by atoms with E-state index in [9.17, 15) is 0 Å². The van der Waals surface area contributed by atoms with Crippen molar-refractivity contribution in [2.75, 3.05) is 13.1 Å². The van der Waals surface area contributed by atoms with Crippen molar-refractivity contribution in [2.45, 2.75) is 39.2 Å². The van der Waals surface area contributed by atoms with Crippen LogP contribution in [-0.2, 0) is 4.79 Å². The number of nitrogens with zero attached hydrogens (tertiary/aromatic N) is 1. The van der Waals surface area contributed by atoms with Gasteiger partial charge >= 0.3 is 0 Å². The Balaban J connectivity index is -0.000000213. The predicted octanol–water partition coefficient (Wildman–Crippen LogP) is 1.49. The Morgan fingerprint density at radius 2 is 1.85 bits per heavy atom. The summed E-state index contributed by atoms with van der Waals surface area (Å²) in [6, 6.07) is 0.769. The molecular formula is C9H24N2O2. The van der Waals surface area contributed by atoms with Gasteiger partial charge in [0.2, 0.25) is 6.41 Å². The zero-order valence-electron chi connectivity index (χ0n) is 8.49. The molecule has 0 aromatic carbocycles. The molecule has 0 bridgehead atoms. The van der Waals surface area contributed by atoms with Gasteiger partial charge in [-0.2, -0.15) is 0 Å². The molecular weight excluding hydrogens is 168 g/mol. The molecule has 0 aliphatic carbocycles. The van der Waals surface area contributed by atoms with E-state index in [1.165, 1.54) is 37.8 Å². The maximum atomic E-state index is 8.81. The summed E-state index contributed by atoms with van der Waals surface area (Å²) in [6.45, 7) is 7.23. The number of amides is 1. The van der Waals surface area contributed by atoms with Gasteiger partial charge in [-0.25, -0.2) is 5.48 Å². The van der Waals surface area contributed by atoms with Gasteiger partial charge in [-0.3, -0.25) is 10.0 Å². The minimum absolute atomic E-state index is 0. The third-order valence-corrected chi connectivity index (χ3v) is 2.17. The van der Waals surface area contributed by atoms with E-state index in [2.05, 4.69) is 18.7 Å². The van der Waals surface area contributed by atoms with Crippen LogP contribution in [0, 0.1) is 0 Å². The quantitative estimate of drug-likeness (QED) is 0.396. The Bertz CT molecular complexity index is 131. The molecule has 1 amide bonds. The standard InChI is InChI=1S/C8H17N.CH3NO2.2H2/c1-8(2)9-6-4-3-5-7-9;3-1-2-4;;/h8H,3-7H2,1-2H3;1,4H,(H,2,3);2*1H. The van der Waals surface area contributed by atoms with Gasteiger partial charge in [0.25, 0.3) is 0 Å². The van der Waals surface area contributed by atoms with Gasteiger partial charge in [0.1, 0.15) is 0 Å². The number of piperidine rings is 1. The summed E-state index contributed by atoms with van der Waals surface area (Å²) in [5, 5.41) is 7.26. The molecule has 0 aromatic rings. The molecule has 82 valence electrons. The third kappa shape index (κ3) is 6.54. The Morgan fingerprint density at radius 1 is 1.38 bits per heavy atom. The van der Waals surface area contributed by atoms with E-state index in [1.807, 2.05) is 0 Å². The lowest BCUT2D eigenvalue weighted by Gasteiger charge is -2.29. The first-order valence-electron chi connectivity index (χ1n) is 4.79. The van der Waals surface area contributed by atoms with Crippen LogP contribution >= 0.6 is 0 Å². The molecule has 4 nitrogen and oxygen atoms in total. The number of carbonyl (C=O) groups is 1. The van der Waals surface area contributed by atoms with E-state index in [0.29, 0.717) is 0 Å². The molecule has 2 N–H and O–H groups in total. The molecule has 0 unspecified atom stereocenters. The number of hydroxylamine groups is 1. The number of hydrogen-bond acceptors (Lipinski definition) is 3. The summed E-state index contributed by atoms with van der Waals surface area (Å²) < 4.78 is 0. The third-order valence-electron chi connectivity index (χ3n) is 2.17. The van der Waals surface area contributed by atoms with Gasteiger partial charge in [-0.15, -0.1) is 0 Å². The van der Waals surface area contributed by atoms with Crippen LogP contribution in [0.2, 0.25) is 0 Å². The van der Waals surface area contributed by atoms with Crippen LogP contribution in [0.5, 0.6) is 0 Å². The van der Waals surface area contributed by atoms with Gasteiger partial charge in [0.15, 0.2) is 0 Å². The molecule has 1 rings (SSSR count). The zero-order chi connectivity index (χ0) is 10.1. The van der Waals surface area contributed by atoms with Crippen LogP contribution in [0.1, 0.15) is 36.0 Å². The molecule has 1 saturated heterocycles. The van der Waals surface area contributed by atoms with E-state index in [0.717, 1.165) is 6.04 Å². The SMILES string of the molecule is CC(C)N1CCCCC1.O=CNO.[HH].[HH]. The molecule has 1 aliphatic heterocycles. The number of nitrogens with one attached hydrogen (secondary N) is 1. The average Bonchev–Trinajstić information content (AvgIpc) is 2.19. The molecule has 0 radical (unpaired) electrons. The Hall–Kier alpha value is -0.610. The van der Waals surface area contributed by atoms with Gasteiger partial charge in [-0.05, 0) is 39.8 Å². The average molecular weight is 192 g/mol. The van der Waals surface area contributed by atoms with E-state index in [4.69, 9.17) is 10.0 Å². The smallest absolute Gasteiger partial charge is 0.230 e. The van der Waals surface area contributed by atoms with Crippen LogP contribution in [0.15, 0.2) is 0 Å². The van der Waals surface area contributed by atoms with Crippen molar-refractivity contribution in [3.63, 3.8) is 0 Å². The van der Waals surface area contributed by atoms with E-state index in [-0.39, 0.29) is 9.26 Å². The van der Waals surface area contributed by atoms with Crippen LogP contribution in [0.4, 0.5) is 0 Å². The lowest BCUT2D eigenvalue weighted by molar-refractivity contribution is -0.116. The first-order chi connectivity index (χ1) is 6.22.